The predicted octanol–water partition coefficient (Wildman–Crippen LogP) is 4.42. The summed E-state index contributed by atoms with van der Waals surface area (Å²) in [6.45, 7) is 16.3. The van der Waals surface area contributed by atoms with Gasteiger partial charge in [-0.1, -0.05) is 44.5 Å². The summed E-state index contributed by atoms with van der Waals surface area (Å²) >= 11 is 6.31. The number of likely N-dealkylation sites (N-methyl/N-ethyl adjacent to an activating group) is 2. The average Bonchev–Trinajstić information content (AvgIpc) is 2.40. The molecular formula is C17H29ClN2. The molecule has 0 aliphatic heterocycles. The highest BCUT2D eigenvalue weighted by Crippen LogP contribution is 2.32. The van der Waals surface area contributed by atoms with Crippen LogP contribution in [0.4, 0.5) is 0 Å². The lowest BCUT2D eigenvalue weighted by atomic mass is 9.86. The second-order valence-electron chi connectivity index (χ2n) is 5.83. The lowest BCUT2D eigenvalue weighted by Gasteiger charge is -2.44. The highest BCUT2D eigenvalue weighted by atomic mass is 35.5. The number of hydrogen-bond acceptors (Lipinski definition) is 2. The van der Waals surface area contributed by atoms with Crippen molar-refractivity contribution in [1.82, 2.24) is 10.2 Å². The maximum Gasteiger partial charge on any atom is 0.0502 e. The van der Waals surface area contributed by atoms with Crippen LogP contribution in [0.15, 0.2) is 18.2 Å². The van der Waals surface area contributed by atoms with Crippen molar-refractivity contribution in [3.63, 3.8) is 0 Å². The molecule has 0 aliphatic rings. The van der Waals surface area contributed by atoms with Gasteiger partial charge in [-0.25, -0.2) is 0 Å². The van der Waals surface area contributed by atoms with Gasteiger partial charge in [0.15, 0.2) is 0 Å². The van der Waals surface area contributed by atoms with E-state index in [9.17, 15) is 0 Å². The summed E-state index contributed by atoms with van der Waals surface area (Å²) in [6.07, 6.45) is 0. The summed E-state index contributed by atoms with van der Waals surface area (Å²) in [5, 5.41) is 4.48. The van der Waals surface area contributed by atoms with Crippen LogP contribution in [0.1, 0.15) is 51.8 Å². The zero-order chi connectivity index (χ0) is 15.3. The lowest BCUT2D eigenvalue weighted by molar-refractivity contribution is 0.0919. The third-order valence-electron chi connectivity index (χ3n) is 4.22. The van der Waals surface area contributed by atoms with E-state index in [1.807, 2.05) is 6.92 Å². The van der Waals surface area contributed by atoms with Gasteiger partial charge in [0.05, 0.1) is 6.04 Å². The molecule has 0 saturated carbocycles. The van der Waals surface area contributed by atoms with Gasteiger partial charge < -0.3 is 5.32 Å². The molecule has 0 aliphatic carbocycles. The molecule has 1 atom stereocenters. The standard InChI is InChI=1S/C17H29ClN2/c1-7-19-16(17(5,6)20(8-2)9-3)14-11-10-13(4)15(18)12-14/h10-12,16,19H,7-9H2,1-6H3. The highest BCUT2D eigenvalue weighted by Gasteiger charge is 2.34. The molecule has 0 radical (unpaired) electrons. The quantitative estimate of drug-likeness (QED) is 0.801. The Labute approximate surface area is 129 Å². The van der Waals surface area contributed by atoms with Gasteiger partial charge in [0.1, 0.15) is 0 Å². The van der Waals surface area contributed by atoms with E-state index in [1.165, 1.54) is 5.56 Å². The summed E-state index contributed by atoms with van der Waals surface area (Å²) in [5.41, 5.74) is 2.43. The molecule has 0 bridgehead atoms. The summed E-state index contributed by atoms with van der Waals surface area (Å²) in [7, 11) is 0. The van der Waals surface area contributed by atoms with Crippen molar-refractivity contribution in [2.75, 3.05) is 19.6 Å². The molecule has 1 unspecified atom stereocenters. The van der Waals surface area contributed by atoms with E-state index in [2.05, 4.69) is 63.0 Å². The van der Waals surface area contributed by atoms with E-state index in [1.54, 1.807) is 0 Å². The van der Waals surface area contributed by atoms with Gasteiger partial charge in [-0.3, -0.25) is 4.90 Å². The van der Waals surface area contributed by atoms with E-state index in [0.29, 0.717) is 0 Å². The third-order valence-corrected chi connectivity index (χ3v) is 4.63. The largest absolute Gasteiger partial charge is 0.309 e. The molecule has 1 N–H and O–H groups in total. The Hall–Kier alpha value is -0.570. The fraction of sp³-hybridized carbons (Fsp3) is 0.647. The summed E-state index contributed by atoms with van der Waals surface area (Å²) in [6, 6.07) is 6.68. The highest BCUT2D eigenvalue weighted by molar-refractivity contribution is 6.31. The fourth-order valence-corrected chi connectivity index (χ4v) is 3.18. The minimum Gasteiger partial charge on any atom is -0.309 e. The van der Waals surface area contributed by atoms with Gasteiger partial charge in [-0.15, -0.1) is 0 Å². The van der Waals surface area contributed by atoms with Crippen molar-refractivity contribution < 1.29 is 0 Å². The van der Waals surface area contributed by atoms with Crippen LogP contribution >= 0.6 is 11.6 Å². The smallest absolute Gasteiger partial charge is 0.0502 e. The monoisotopic (exact) mass is 296 g/mol. The van der Waals surface area contributed by atoms with E-state index in [-0.39, 0.29) is 11.6 Å². The molecule has 1 rings (SSSR count). The van der Waals surface area contributed by atoms with Crippen LogP contribution in [0.25, 0.3) is 0 Å². The Bertz CT molecular complexity index is 425. The number of hydrogen-bond donors (Lipinski definition) is 1. The number of halogens is 1. The summed E-state index contributed by atoms with van der Waals surface area (Å²) < 4.78 is 0. The van der Waals surface area contributed by atoms with E-state index < -0.39 is 0 Å². The number of nitrogens with zero attached hydrogens (tertiary/aromatic N) is 1. The molecule has 0 fully saturated rings. The first-order valence-electron chi connectivity index (χ1n) is 7.62. The topological polar surface area (TPSA) is 15.3 Å². The van der Waals surface area contributed by atoms with Crippen LogP contribution in [0.3, 0.4) is 0 Å². The molecule has 20 heavy (non-hydrogen) atoms. The third kappa shape index (κ3) is 3.75. The van der Waals surface area contributed by atoms with Crippen molar-refractivity contribution in [2.45, 2.75) is 53.1 Å². The Kier molecular flexibility index (Phi) is 6.50. The zero-order valence-electron chi connectivity index (χ0n) is 13.8. The molecule has 114 valence electrons. The zero-order valence-corrected chi connectivity index (χ0v) is 14.5. The maximum absolute atomic E-state index is 6.31. The van der Waals surface area contributed by atoms with Crippen LogP contribution in [-0.4, -0.2) is 30.1 Å². The fourth-order valence-electron chi connectivity index (χ4n) is 2.99. The van der Waals surface area contributed by atoms with Gasteiger partial charge in [0.25, 0.3) is 0 Å². The molecule has 0 heterocycles. The van der Waals surface area contributed by atoms with Gasteiger partial charge in [-0.05, 0) is 57.6 Å². The molecule has 0 amide bonds. The van der Waals surface area contributed by atoms with Crippen molar-refractivity contribution >= 4 is 11.6 Å². The van der Waals surface area contributed by atoms with Gasteiger partial charge in [0.2, 0.25) is 0 Å². The lowest BCUT2D eigenvalue weighted by Crippen LogP contribution is -2.52. The van der Waals surface area contributed by atoms with Crippen molar-refractivity contribution in [1.29, 1.82) is 0 Å². The van der Waals surface area contributed by atoms with Gasteiger partial charge in [0, 0.05) is 10.6 Å². The molecular weight excluding hydrogens is 268 g/mol. The van der Waals surface area contributed by atoms with Crippen molar-refractivity contribution in [2.24, 2.45) is 0 Å². The van der Waals surface area contributed by atoms with E-state index in [4.69, 9.17) is 11.6 Å². The Morgan fingerprint density at radius 2 is 1.80 bits per heavy atom. The molecule has 1 aromatic carbocycles. The molecule has 2 nitrogen and oxygen atoms in total. The van der Waals surface area contributed by atoms with Crippen LogP contribution in [-0.2, 0) is 0 Å². The van der Waals surface area contributed by atoms with E-state index >= 15 is 0 Å². The normalized spacial score (nSPS) is 13.8. The molecule has 0 saturated heterocycles. The minimum absolute atomic E-state index is 0.0398. The first-order chi connectivity index (χ1) is 9.38. The molecule has 1 aromatic rings. The van der Waals surface area contributed by atoms with Crippen LogP contribution < -0.4 is 5.32 Å². The number of nitrogens with one attached hydrogen (secondary N) is 1. The number of benzene rings is 1. The van der Waals surface area contributed by atoms with Crippen molar-refractivity contribution in [3.8, 4) is 0 Å². The first-order valence-corrected chi connectivity index (χ1v) is 8.00. The second kappa shape index (κ2) is 7.44. The Morgan fingerprint density at radius 3 is 2.25 bits per heavy atom. The molecule has 0 aromatic heterocycles. The Morgan fingerprint density at radius 1 is 1.20 bits per heavy atom. The minimum atomic E-state index is 0.0398. The SMILES string of the molecule is CCNC(c1ccc(C)c(Cl)c1)C(C)(C)N(CC)CC. The predicted molar refractivity (Wildman–Crippen MR) is 89.6 cm³/mol. The Balaban J connectivity index is 3.18. The first kappa shape index (κ1) is 17.5. The van der Waals surface area contributed by atoms with Crippen molar-refractivity contribution in [3.05, 3.63) is 34.3 Å². The number of aryl methyl sites for hydroxylation is 1. The van der Waals surface area contributed by atoms with Gasteiger partial charge >= 0.3 is 0 Å². The van der Waals surface area contributed by atoms with Crippen LogP contribution in [0.2, 0.25) is 5.02 Å². The maximum atomic E-state index is 6.31. The average molecular weight is 297 g/mol. The second-order valence-corrected chi connectivity index (χ2v) is 6.23. The van der Waals surface area contributed by atoms with Crippen LogP contribution in [0.5, 0.6) is 0 Å². The molecule has 0 spiro atoms. The number of rotatable bonds is 7. The molecule has 3 heteroatoms. The van der Waals surface area contributed by atoms with E-state index in [0.717, 1.165) is 30.2 Å². The summed E-state index contributed by atoms with van der Waals surface area (Å²) in [4.78, 5) is 2.49. The van der Waals surface area contributed by atoms with Crippen LogP contribution in [0, 0.1) is 6.92 Å². The van der Waals surface area contributed by atoms with Gasteiger partial charge in [-0.2, -0.15) is 0 Å². The summed E-state index contributed by atoms with van der Waals surface area (Å²) in [5.74, 6) is 0.